The molecule has 1 rings (SSSR count). The van der Waals surface area contributed by atoms with Crippen molar-refractivity contribution < 1.29 is 0 Å². The number of hydrogen-bond donors (Lipinski definition) is 0. The summed E-state index contributed by atoms with van der Waals surface area (Å²) in [4.78, 5) is 0. The third kappa shape index (κ3) is 29.9. The van der Waals surface area contributed by atoms with E-state index in [-0.39, 0.29) is 0 Å². The minimum absolute atomic E-state index is 1.28. The summed E-state index contributed by atoms with van der Waals surface area (Å²) in [7, 11) is 0. The van der Waals surface area contributed by atoms with E-state index in [0.717, 1.165) is 0 Å². The molecule has 0 saturated heterocycles. The molecule has 0 heteroatoms. The van der Waals surface area contributed by atoms with Crippen molar-refractivity contribution in [2.24, 2.45) is 0 Å². The molecule has 0 spiro atoms. The summed E-state index contributed by atoms with van der Waals surface area (Å²) in [5.41, 5.74) is 3.11. The van der Waals surface area contributed by atoms with Gasteiger partial charge >= 0.3 is 0 Å². The Kier molecular flexibility index (Phi) is 32.9. The molecule has 0 amide bonds. The quantitative estimate of drug-likeness (QED) is 0.0663. The van der Waals surface area contributed by atoms with Crippen LogP contribution in [0.4, 0.5) is 0 Å². The summed E-state index contributed by atoms with van der Waals surface area (Å²) >= 11 is 0. The molecule has 258 valence electrons. The fraction of sp³-hybridized carbons (Fsp3) is 0.864. The van der Waals surface area contributed by atoms with Crippen LogP contribution in [0.1, 0.15) is 243 Å². The Hall–Kier alpha value is -0.780. The maximum Gasteiger partial charge on any atom is -0.0279 e. The second kappa shape index (κ2) is 35.1. The molecule has 0 bridgehead atoms. The van der Waals surface area contributed by atoms with Crippen LogP contribution in [-0.4, -0.2) is 0 Å². The normalized spacial score (nSPS) is 11.5. The highest BCUT2D eigenvalue weighted by Gasteiger charge is 1.99. The maximum absolute atomic E-state index is 2.41. The average Bonchev–Trinajstić information content (AvgIpc) is 3.04. The molecule has 0 heterocycles. The van der Waals surface area contributed by atoms with Crippen LogP contribution in [0.15, 0.2) is 24.3 Å². The van der Waals surface area contributed by atoms with Gasteiger partial charge in [-0.15, -0.1) is 0 Å². The summed E-state index contributed by atoms with van der Waals surface area (Å²) in [6, 6.07) is 9.65. The summed E-state index contributed by atoms with van der Waals surface area (Å²) in [5, 5.41) is 0. The van der Waals surface area contributed by atoms with Gasteiger partial charge in [-0.3, -0.25) is 0 Å². The second-order valence-corrected chi connectivity index (χ2v) is 14.6. The molecule has 0 aromatic heterocycles. The molecular weight excluding hydrogens is 528 g/mol. The monoisotopic (exact) mass is 611 g/mol. The van der Waals surface area contributed by atoms with Gasteiger partial charge in [-0.2, -0.15) is 0 Å². The fourth-order valence-electron chi connectivity index (χ4n) is 6.98. The van der Waals surface area contributed by atoms with E-state index in [2.05, 4.69) is 38.1 Å². The van der Waals surface area contributed by atoms with Crippen molar-refractivity contribution >= 4 is 0 Å². The zero-order valence-electron chi connectivity index (χ0n) is 30.8. The molecule has 1 aromatic rings. The molecule has 0 aliphatic rings. The maximum atomic E-state index is 2.41. The molecule has 0 atom stereocenters. The standard InChI is InChI=1S/C44H82/c1-3-5-7-9-11-13-15-17-19-21-23-25-27-29-31-33-35-37-43-39-41-44(42-40-43)38-36-34-32-30-28-26-24-22-20-18-16-14-12-10-8-6-4-2/h39-42H,3-38H2,1-2H3. The first-order chi connectivity index (χ1) is 21.9. The molecule has 0 fully saturated rings. The Morgan fingerprint density at radius 2 is 0.386 bits per heavy atom. The first-order valence-electron chi connectivity index (χ1n) is 20.9. The van der Waals surface area contributed by atoms with Crippen molar-refractivity contribution in [2.45, 2.75) is 245 Å². The first kappa shape index (κ1) is 41.2. The van der Waals surface area contributed by atoms with Crippen LogP contribution >= 0.6 is 0 Å². The van der Waals surface area contributed by atoms with Crippen LogP contribution in [0.5, 0.6) is 0 Å². The van der Waals surface area contributed by atoms with Crippen molar-refractivity contribution in [1.82, 2.24) is 0 Å². The van der Waals surface area contributed by atoms with Gasteiger partial charge in [-0.05, 0) is 36.8 Å². The van der Waals surface area contributed by atoms with Crippen LogP contribution in [0.25, 0.3) is 0 Å². The van der Waals surface area contributed by atoms with Gasteiger partial charge < -0.3 is 0 Å². The molecule has 0 aliphatic heterocycles. The highest BCUT2D eigenvalue weighted by atomic mass is 14.1. The summed E-state index contributed by atoms with van der Waals surface area (Å²) in [6.07, 6.45) is 52.0. The molecule has 0 unspecified atom stereocenters. The zero-order chi connectivity index (χ0) is 31.4. The van der Waals surface area contributed by atoms with Gasteiger partial charge in [0.15, 0.2) is 0 Å². The third-order valence-electron chi connectivity index (χ3n) is 10.2. The van der Waals surface area contributed by atoms with Crippen molar-refractivity contribution in [2.75, 3.05) is 0 Å². The lowest BCUT2D eigenvalue weighted by Gasteiger charge is -2.06. The number of unbranched alkanes of at least 4 members (excludes halogenated alkanes) is 32. The van der Waals surface area contributed by atoms with E-state index in [0.29, 0.717) is 0 Å². The second-order valence-electron chi connectivity index (χ2n) is 14.6. The Morgan fingerprint density at radius 3 is 0.568 bits per heavy atom. The topological polar surface area (TPSA) is 0 Å². The van der Waals surface area contributed by atoms with Gasteiger partial charge in [0.1, 0.15) is 0 Å². The Labute approximate surface area is 279 Å². The average molecular weight is 611 g/mol. The lowest BCUT2D eigenvalue weighted by Crippen LogP contribution is -1.90. The summed E-state index contributed by atoms with van der Waals surface area (Å²) < 4.78 is 0. The van der Waals surface area contributed by atoms with Crippen LogP contribution < -0.4 is 0 Å². The molecule has 0 saturated carbocycles. The lowest BCUT2D eigenvalue weighted by molar-refractivity contribution is 0.527. The Bertz CT molecular complexity index is 586. The molecular formula is C44H82. The number of benzene rings is 1. The molecule has 0 radical (unpaired) electrons. The van der Waals surface area contributed by atoms with Gasteiger partial charge in [0.25, 0.3) is 0 Å². The molecule has 0 nitrogen and oxygen atoms in total. The van der Waals surface area contributed by atoms with E-state index >= 15 is 0 Å². The van der Waals surface area contributed by atoms with E-state index in [4.69, 9.17) is 0 Å². The van der Waals surface area contributed by atoms with Gasteiger partial charge in [-0.1, -0.05) is 244 Å². The largest absolute Gasteiger partial charge is 0.0654 e. The highest BCUT2D eigenvalue weighted by Crippen LogP contribution is 2.17. The Morgan fingerprint density at radius 1 is 0.227 bits per heavy atom. The smallest absolute Gasteiger partial charge is 0.0279 e. The molecule has 0 aliphatic carbocycles. The summed E-state index contributed by atoms with van der Waals surface area (Å²) in [6.45, 7) is 4.62. The predicted octanol–water partition coefficient (Wildman–Crippen LogP) is 16.1. The SMILES string of the molecule is CCCCCCCCCCCCCCCCCCCc1ccc(CCCCCCCCCCCCCCCCCCC)cc1. The van der Waals surface area contributed by atoms with Crippen LogP contribution in [0, 0.1) is 0 Å². The predicted molar refractivity (Wildman–Crippen MR) is 202 cm³/mol. The van der Waals surface area contributed by atoms with Crippen molar-refractivity contribution in [3.8, 4) is 0 Å². The van der Waals surface area contributed by atoms with E-state index in [9.17, 15) is 0 Å². The summed E-state index contributed by atoms with van der Waals surface area (Å²) in [5.74, 6) is 0. The third-order valence-corrected chi connectivity index (χ3v) is 10.2. The van der Waals surface area contributed by atoms with E-state index < -0.39 is 0 Å². The van der Waals surface area contributed by atoms with Gasteiger partial charge in [0.05, 0.1) is 0 Å². The van der Waals surface area contributed by atoms with Crippen LogP contribution in [0.3, 0.4) is 0 Å². The van der Waals surface area contributed by atoms with Crippen LogP contribution in [0.2, 0.25) is 0 Å². The molecule has 44 heavy (non-hydrogen) atoms. The lowest BCUT2D eigenvalue weighted by atomic mass is 10.0. The Balaban J connectivity index is 1.79. The van der Waals surface area contributed by atoms with E-state index in [1.807, 2.05) is 0 Å². The minimum atomic E-state index is 1.28. The highest BCUT2D eigenvalue weighted by molar-refractivity contribution is 5.22. The van der Waals surface area contributed by atoms with Crippen molar-refractivity contribution in [3.63, 3.8) is 0 Å². The van der Waals surface area contributed by atoms with Gasteiger partial charge in [-0.25, -0.2) is 0 Å². The number of hydrogen-bond acceptors (Lipinski definition) is 0. The molecule has 0 N–H and O–H groups in total. The zero-order valence-corrected chi connectivity index (χ0v) is 30.8. The van der Waals surface area contributed by atoms with Crippen LogP contribution in [-0.2, 0) is 12.8 Å². The number of rotatable bonds is 36. The van der Waals surface area contributed by atoms with Gasteiger partial charge in [0, 0.05) is 0 Å². The first-order valence-corrected chi connectivity index (χ1v) is 20.9. The molecule has 1 aromatic carbocycles. The van der Waals surface area contributed by atoms with Crippen molar-refractivity contribution in [3.05, 3.63) is 35.4 Å². The van der Waals surface area contributed by atoms with E-state index in [1.54, 1.807) is 11.1 Å². The fourth-order valence-corrected chi connectivity index (χ4v) is 6.98. The van der Waals surface area contributed by atoms with Crippen molar-refractivity contribution in [1.29, 1.82) is 0 Å². The van der Waals surface area contributed by atoms with E-state index in [1.165, 1.54) is 231 Å². The number of aryl methyl sites for hydroxylation is 2. The van der Waals surface area contributed by atoms with Gasteiger partial charge in [0.2, 0.25) is 0 Å². The minimum Gasteiger partial charge on any atom is -0.0654 e.